The van der Waals surface area contributed by atoms with Gasteiger partial charge in [0, 0.05) is 18.8 Å². The van der Waals surface area contributed by atoms with E-state index in [4.69, 9.17) is 0 Å². The van der Waals surface area contributed by atoms with Crippen molar-refractivity contribution in [2.75, 3.05) is 18.5 Å². The molecule has 4 nitrogen and oxygen atoms in total. The highest BCUT2D eigenvalue weighted by molar-refractivity contribution is 5.84. The summed E-state index contributed by atoms with van der Waals surface area (Å²) in [7, 11) is 0. The van der Waals surface area contributed by atoms with E-state index in [1.165, 1.54) is 12.1 Å². The Bertz CT molecular complexity index is 696. The summed E-state index contributed by atoms with van der Waals surface area (Å²) in [5, 5.41) is 12.6. The minimum Gasteiger partial charge on any atom is -0.395 e. The monoisotopic (exact) mass is 344 g/mol. The number of carbonyl (C=O) groups excluding carboxylic acids is 1. The zero-order valence-corrected chi connectivity index (χ0v) is 14.9. The molecule has 1 amide bonds. The lowest BCUT2D eigenvalue weighted by molar-refractivity contribution is -0.132. The molecule has 2 aromatic rings. The average Bonchev–Trinajstić information content (AvgIpc) is 2.59. The van der Waals surface area contributed by atoms with Crippen LogP contribution < -0.4 is 5.32 Å². The van der Waals surface area contributed by atoms with Gasteiger partial charge in [0.2, 0.25) is 5.91 Å². The van der Waals surface area contributed by atoms with E-state index in [1.807, 2.05) is 39.0 Å². The molecular formula is C20H25FN2O2. The van der Waals surface area contributed by atoms with E-state index in [-0.39, 0.29) is 24.9 Å². The largest absolute Gasteiger partial charge is 0.395 e. The van der Waals surface area contributed by atoms with Crippen LogP contribution in [0, 0.1) is 19.7 Å². The number of nitrogens with one attached hydrogen (secondary N) is 1. The summed E-state index contributed by atoms with van der Waals surface area (Å²) in [5.41, 5.74) is 3.93. The van der Waals surface area contributed by atoms with Gasteiger partial charge in [-0.2, -0.15) is 0 Å². The second kappa shape index (κ2) is 8.62. The van der Waals surface area contributed by atoms with Gasteiger partial charge < -0.3 is 15.3 Å². The van der Waals surface area contributed by atoms with E-state index in [1.54, 1.807) is 17.0 Å². The first kappa shape index (κ1) is 18.9. The molecule has 5 heteroatoms. The Labute approximate surface area is 148 Å². The molecule has 0 spiro atoms. The normalized spacial score (nSPS) is 11.9. The van der Waals surface area contributed by atoms with Crippen molar-refractivity contribution in [3.05, 3.63) is 65.0 Å². The van der Waals surface area contributed by atoms with Crippen molar-refractivity contribution in [2.45, 2.75) is 33.4 Å². The SMILES string of the molecule is Cc1cccc(C)c1NC(C)C(=O)N(CCO)Cc1ccc(F)cc1. The van der Waals surface area contributed by atoms with Crippen LogP contribution in [0.1, 0.15) is 23.6 Å². The van der Waals surface area contributed by atoms with Crippen molar-refractivity contribution in [3.8, 4) is 0 Å². The summed E-state index contributed by atoms with van der Waals surface area (Å²) < 4.78 is 13.0. The van der Waals surface area contributed by atoms with Crippen LogP contribution in [0.4, 0.5) is 10.1 Å². The molecule has 0 aliphatic rings. The van der Waals surface area contributed by atoms with Crippen LogP contribution in [0.3, 0.4) is 0 Å². The molecule has 0 bridgehead atoms. The number of carbonyl (C=O) groups is 1. The van der Waals surface area contributed by atoms with Gasteiger partial charge in [-0.05, 0) is 49.6 Å². The highest BCUT2D eigenvalue weighted by Gasteiger charge is 2.21. The molecule has 134 valence electrons. The zero-order valence-electron chi connectivity index (χ0n) is 14.9. The summed E-state index contributed by atoms with van der Waals surface area (Å²) in [6.07, 6.45) is 0. The molecule has 0 fully saturated rings. The predicted molar refractivity (Wildman–Crippen MR) is 97.9 cm³/mol. The second-order valence-electron chi connectivity index (χ2n) is 6.24. The van der Waals surface area contributed by atoms with Crippen LogP contribution >= 0.6 is 0 Å². The van der Waals surface area contributed by atoms with Gasteiger partial charge >= 0.3 is 0 Å². The topological polar surface area (TPSA) is 52.6 Å². The highest BCUT2D eigenvalue weighted by atomic mass is 19.1. The van der Waals surface area contributed by atoms with Gasteiger partial charge in [-0.3, -0.25) is 4.79 Å². The molecule has 0 radical (unpaired) electrons. The molecule has 0 aliphatic carbocycles. The Balaban J connectivity index is 2.11. The molecule has 2 N–H and O–H groups in total. The number of rotatable bonds is 7. The summed E-state index contributed by atoms with van der Waals surface area (Å²) in [5.74, 6) is -0.421. The van der Waals surface area contributed by atoms with Gasteiger partial charge in [0.1, 0.15) is 11.9 Å². The minimum absolute atomic E-state index is 0.110. The van der Waals surface area contributed by atoms with Crippen LogP contribution in [0.15, 0.2) is 42.5 Å². The first-order chi connectivity index (χ1) is 11.9. The number of amides is 1. The van der Waals surface area contributed by atoms with Gasteiger partial charge in [-0.25, -0.2) is 4.39 Å². The van der Waals surface area contributed by atoms with E-state index in [2.05, 4.69) is 5.32 Å². The molecule has 2 rings (SSSR count). The Morgan fingerprint density at radius 2 is 1.76 bits per heavy atom. The first-order valence-corrected chi connectivity index (χ1v) is 8.39. The van der Waals surface area contributed by atoms with Crippen molar-refractivity contribution in [2.24, 2.45) is 0 Å². The molecule has 0 aliphatic heterocycles. The zero-order chi connectivity index (χ0) is 18.4. The Morgan fingerprint density at radius 3 is 2.32 bits per heavy atom. The van der Waals surface area contributed by atoms with Gasteiger partial charge in [0.05, 0.1) is 6.61 Å². The van der Waals surface area contributed by atoms with Gasteiger partial charge in [0.25, 0.3) is 0 Å². The van der Waals surface area contributed by atoms with Crippen molar-refractivity contribution in [1.82, 2.24) is 4.90 Å². The number of hydrogen-bond acceptors (Lipinski definition) is 3. The molecule has 0 saturated carbocycles. The lowest BCUT2D eigenvalue weighted by atomic mass is 10.1. The molecule has 1 unspecified atom stereocenters. The van der Waals surface area contributed by atoms with E-state index >= 15 is 0 Å². The maximum absolute atomic E-state index is 13.0. The molecule has 1 atom stereocenters. The number of para-hydroxylation sites is 1. The van der Waals surface area contributed by atoms with E-state index in [9.17, 15) is 14.3 Å². The smallest absolute Gasteiger partial charge is 0.245 e. The molecule has 0 saturated heterocycles. The van der Waals surface area contributed by atoms with E-state index < -0.39 is 6.04 Å². The number of aliphatic hydroxyl groups excluding tert-OH is 1. The van der Waals surface area contributed by atoms with Crippen molar-refractivity contribution in [1.29, 1.82) is 0 Å². The fraction of sp³-hybridized carbons (Fsp3) is 0.350. The highest BCUT2D eigenvalue weighted by Crippen LogP contribution is 2.21. The number of nitrogens with zero attached hydrogens (tertiary/aromatic N) is 1. The summed E-state index contributed by atoms with van der Waals surface area (Å²) in [4.78, 5) is 14.4. The van der Waals surface area contributed by atoms with Gasteiger partial charge in [-0.15, -0.1) is 0 Å². The van der Waals surface area contributed by atoms with E-state index in [0.29, 0.717) is 6.54 Å². The first-order valence-electron chi connectivity index (χ1n) is 8.39. The summed E-state index contributed by atoms with van der Waals surface area (Å²) in [6, 6.07) is 11.6. The van der Waals surface area contributed by atoms with Crippen LogP contribution in [0.25, 0.3) is 0 Å². The van der Waals surface area contributed by atoms with Crippen molar-refractivity contribution in [3.63, 3.8) is 0 Å². The fourth-order valence-corrected chi connectivity index (χ4v) is 2.79. The maximum atomic E-state index is 13.0. The molecule has 25 heavy (non-hydrogen) atoms. The Kier molecular flexibility index (Phi) is 6.53. The van der Waals surface area contributed by atoms with Crippen LogP contribution in [0.5, 0.6) is 0 Å². The average molecular weight is 344 g/mol. The van der Waals surface area contributed by atoms with Crippen molar-refractivity contribution >= 4 is 11.6 Å². The Hall–Kier alpha value is -2.40. The molecule has 2 aromatic carbocycles. The quantitative estimate of drug-likeness (QED) is 0.811. The number of aryl methyl sites for hydroxylation is 2. The van der Waals surface area contributed by atoms with Gasteiger partial charge in [0.15, 0.2) is 0 Å². The third kappa shape index (κ3) is 5.03. The van der Waals surface area contributed by atoms with Crippen molar-refractivity contribution < 1.29 is 14.3 Å². The van der Waals surface area contributed by atoms with Gasteiger partial charge in [-0.1, -0.05) is 30.3 Å². The Morgan fingerprint density at radius 1 is 1.16 bits per heavy atom. The number of anilines is 1. The number of hydrogen-bond donors (Lipinski definition) is 2. The van der Waals surface area contributed by atoms with Crippen LogP contribution in [-0.4, -0.2) is 35.1 Å². The lowest BCUT2D eigenvalue weighted by Gasteiger charge is -2.27. The lowest BCUT2D eigenvalue weighted by Crippen LogP contribution is -2.42. The maximum Gasteiger partial charge on any atom is 0.245 e. The summed E-state index contributed by atoms with van der Waals surface area (Å²) in [6.45, 7) is 6.24. The van der Waals surface area contributed by atoms with E-state index in [0.717, 1.165) is 22.4 Å². The van der Waals surface area contributed by atoms with Crippen LogP contribution in [-0.2, 0) is 11.3 Å². The third-order valence-corrected chi connectivity index (χ3v) is 4.18. The predicted octanol–water partition coefficient (Wildman–Crippen LogP) is 3.26. The number of halogens is 1. The number of aliphatic hydroxyl groups is 1. The standard InChI is InChI=1S/C20H25FN2O2/c1-14-5-4-6-15(2)19(14)22-16(3)20(25)23(11-12-24)13-17-7-9-18(21)10-8-17/h4-10,16,22,24H,11-13H2,1-3H3. The molecule has 0 aromatic heterocycles. The molecule has 0 heterocycles. The fourth-order valence-electron chi connectivity index (χ4n) is 2.79. The second-order valence-corrected chi connectivity index (χ2v) is 6.24. The van der Waals surface area contributed by atoms with Crippen LogP contribution in [0.2, 0.25) is 0 Å². The molecular weight excluding hydrogens is 319 g/mol. The number of benzene rings is 2. The third-order valence-electron chi connectivity index (χ3n) is 4.18. The summed E-state index contributed by atoms with van der Waals surface area (Å²) >= 11 is 0. The minimum atomic E-state index is -0.438.